The van der Waals surface area contributed by atoms with E-state index < -0.39 is 0 Å². The summed E-state index contributed by atoms with van der Waals surface area (Å²) in [6, 6.07) is 16.0. The first-order chi connectivity index (χ1) is 12.7. The summed E-state index contributed by atoms with van der Waals surface area (Å²) in [6.07, 6.45) is 5.32. The molecule has 4 aromatic rings. The van der Waals surface area contributed by atoms with Crippen LogP contribution in [0.5, 0.6) is 0 Å². The number of pyridine rings is 2. The van der Waals surface area contributed by atoms with E-state index in [-0.39, 0.29) is 6.04 Å². The van der Waals surface area contributed by atoms with Gasteiger partial charge >= 0.3 is 0 Å². The summed E-state index contributed by atoms with van der Waals surface area (Å²) in [5.74, 6) is 1.45. The molecule has 0 saturated heterocycles. The second-order valence-electron chi connectivity index (χ2n) is 5.92. The molecule has 3 aromatic heterocycles. The number of nitrogens with one attached hydrogen (secondary N) is 1. The van der Waals surface area contributed by atoms with Gasteiger partial charge < -0.3 is 5.32 Å². The van der Waals surface area contributed by atoms with Crippen molar-refractivity contribution in [2.24, 2.45) is 0 Å². The van der Waals surface area contributed by atoms with Gasteiger partial charge in [0.1, 0.15) is 5.82 Å². The second kappa shape index (κ2) is 7.33. The van der Waals surface area contributed by atoms with E-state index in [1.807, 2.05) is 36.4 Å². The molecule has 0 aliphatic carbocycles. The molecule has 0 saturated carbocycles. The number of aromatic nitrogens is 4. The highest BCUT2D eigenvalue weighted by molar-refractivity contribution is 14.1. The zero-order valence-electron chi connectivity index (χ0n) is 14.1. The Labute approximate surface area is 165 Å². The molecule has 0 aliphatic rings. The fourth-order valence-electron chi connectivity index (χ4n) is 2.75. The predicted octanol–water partition coefficient (Wildman–Crippen LogP) is 4.86. The Kier molecular flexibility index (Phi) is 4.75. The van der Waals surface area contributed by atoms with Crippen molar-refractivity contribution in [3.8, 4) is 11.4 Å². The molecule has 26 heavy (non-hydrogen) atoms. The van der Waals surface area contributed by atoms with E-state index in [9.17, 15) is 0 Å². The molecule has 1 atom stereocenters. The minimum atomic E-state index is 0.0221. The average Bonchev–Trinajstić information content (AvgIpc) is 2.69. The first kappa shape index (κ1) is 16.8. The fourth-order valence-corrected chi connectivity index (χ4v) is 3.24. The highest BCUT2D eigenvalue weighted by atomic mass is 127. The summed E-state index contributed by atoms with van der Waals surface area (Å²) in [5.41, 5.74) is 2.75. The average molecular weight is 453 g/mol. The smallest absolute Gasteiger partial charge is 0.163 e. The summed E-state index contributed by atoms with van der Waals surface area (Å²) in [7, 11) is 0. The van der Waals surface area contributed by atoms with Crippen molar-refractivity contribution in [3.63, 3.8) is 0 Å². The minimum absolute atomic E-state index is 0.0221. The molecule has 128 valence electrons. The largest absolute Gasteiger partial charge is 0.361 e. The lowest BCUT2D eigenvalue weighted by Crippen LogP contribution is -2.10. The number of hydrogen-bond donors (Lipinski definition) is 1. The molecule has 1 N–H and O–H groups in total. The van der Waals surface area contributed by atoms with E-state index in [4.69, 9.17) is 9.97 Å². The summed E-state index contributed by atoms with van der Waals surface area (Å²) in [4.78, 5) is 18.1. The van der Waals surface area contributed by atoms with Crippen LogP contribution in [0.25, 0.3) is 22.3 Å². The van der Waals surface area contributed by atoms with Crippen LogP contribution in [0, 0.1) is 3.57 Å². The van der Waals surface area contributed by atoms with Gasteiger partial charge in [-0.1, -0.05) is 6.07 Å². The lowest BCUT2D eigenvalue weighted by atomic mass is 10.1. The third-order valence-electron chi connectivity index (χ3n) is 4.06. The number of hydrogen-bond acceptors (Lipinski definition) is 5. The minimum Gasteiger partial charge on any atom is -0.361 e. The zero-order chi connectivity index (χ0) is 17.9. The van der Waals surface area contributed by atoms with Gasteiger partial charge in [0.2, 0.25) is 0 Å². The Morgan fingerprint density at radius 2 is 1.92 bits per heavy atom. The topological polar surface area (TPSA) is 63.6 Å². The molecular formula is C20H16IN5. The molecule has 0 aliphatic heterocycles. The van der Waals surface area contributed by atoms with Crippen molar-refractivity contribution in [1.29, 1.82) is 0 Å². The molecule has 4 rings (SSSR count). The van der Waals surface area contributed by atoms with Crippen LogP contribution in [0.4, 0.5) is 5.82 Å². The van der Waals surface area contributed by atoms with Gasteiger partial charge in [0.05, 0.1) is 17.3 Å². The molecular weight excluding hydrogens is 437 g/mol. The van der Waals surface area contributed by atoms with Crippen LogP contribution in [0.3, 0.4) is 0 Å². The maximum atomic E-state index is 4.78. The van der Waals surface area contributed by atoms with Gasteiger partial charge in [-0.3, -0.25) is 9.97 Å². The van der Waals surface area contributed by atoms with Crippen LogP contribution in [0.1, 0.15) is 18.7 Å². The van der Waals surface area contributed by atoms with Gasteiger partial charge in [-0.25, -0.2) is 9.97 Å². The van der Waals surface area contributed by atoms with Gasteiger partial charge in [-0.2, -0.15) is 0 Å². The predicted molar refractivity (Wildman–Crippen MR) is 112 cm³/mol. The van der Waals surface area contributed by atoms with Crippen molar-refractivity contribution < 1.29 is 0 Å². The SMILES string of the molecule is CC(Nc1nc(-c2cccnc2)nc2ccc(I)cc12)c1ccccn1. The quantitative estimate of drug-likeness (QED) is 0.447. The van der Waals surface area contributed by atoms with Crippen LogP contribution in [-0.2, 0) is 0 Å². The first-order valence-corrected chi connectivity index (χ1v) is 9.34. The maximum Gasteiger partial charge on any atom is 0.163 e. The molecule has 0 spiro atoms. The van der Waals surface area contributed by atoms with E-state index in [2.05, 4.69) is 56.9 Å². The third-order valence-corrected chi connectivity index (χ3v) is 4.73. The molecule has 3 heterocycles. The molecule has 0 fully saturated rings. The van der Waals surface area contributed by atoms with Crippen LogP contribution in [-0.4, -0.2) is 19.9 Å². The Balaban J connectivity index is 1.82. The lowest BCUT2D eigenvalue weighted by Gasteiger charge is -2.16. The molecule has 0 bridgehead atoms. The molecule has 1 unspecified atom stereocenters. The number of fused-ring (bicyclic) bond motifs is 1. The van der Waals surface area contributed by atoms with Crippen molar-refractivity contribution >= 4 is 39.3 Å². The monoisotopic (exact) mass is 453 g/mol. The summed E-state index contributed by atoms with van der Waals surface area (Å²) >= 11 is 2.30. The maximum absolute atomic E-state index is 4.78. The fraction of sp³-hybridized carbons (Fsp3) is 0.100. The third kappa shape index (κ3) is 3.50. The van der Waals surface area contributed by atoms with Crippen molar-refractivity contribution in [3.05, 3.63) is 76.4 Å². The van der Waals surface area contributed by atoms with E-state index in [0.717, 1.165) is 31.5 Å². The number of anilines is 1. The van der Waals surface area contributed by atoms with Gasteiger partial charge in [0.25, 0.3) is 0 Å². The molecule has 5 nitrogen and oxygen atoms in total. The number of nitrogens with zero attached hydrogens (tertiary/aromatic N) is 4. The molecule has 0 amide bonds. The van der Waals surface area contributed by atoms with Crippen LogP contribution >= 0.6 is 22.6 Å². The van der Waals surface area contributed by atoms with E-state index in [1.54, 1.807) is 18.6 Å². The first-order valence-electron chi connectivity index (χ1n) is 8.26. The van der Waals surface area contributed by atoms with Crippen LogP contribution < -0.4 is 5.32 Å². The van der Waals surface area contributed by atoms with Crippen molar-refractivity contribution in [2.45, 2.75) is 13.0 Å². The van der Waals surface area contributed by atoms with Crippen molar-refractivity contribution in [1.82, 2.24) is 19.9 Å². The lowest BCUT2D eigenvalue weighted by molar-refractivity contribution is 0.833. The molecule has 6 heteroatoms. The van der Waals surface area contributed by atoms with E-state index in [1.165, 1.54) is 0 Å². The second-order valence-corrected chi connectivity index (χ2v) is 7.17. The highest BCUT2D eigenvalue weighted by Gasteiger charge is 2.13. The summed E-state index contributed by atoms with van der Waals surface area (Å²) in [6.45, 7) is 2.08. The Morgan fingerprint density at radius 3 is 2.69 bits per heavy atom. The standard InChI is InChI=1S/C20H16IN5/c1-13(17-6-2-3-10-23-17)24-20-16-11-15(21)7-8-18(16)25-19(26-20)14-5-4-9-22-12-14/h2-13H,1H3,(H,24,25,26). The van der Waals surface area contributed by atoms with Crippen LogP contribution in [0.2, 0.25) is 0 Å². The van der Waals surface area contributed by atoms with E-state index in [0.29, 0.717) is 5.82 Å². The Morgan fingerprint density at radius 1 is 1.00 bits per heavy atom. The highest BCUT2D eigenvalue weighted by Crippen LogP contribution is 2.28. The Hall–Kier alpha value is -2.61. The van der Waals surface area contributed by atoms with Crippen LogP contribution in [0.15, 0.2) is 67.1 Å². The normalized spacial score (nSPS) is 12.1. The number of halogens is 1. The zero-order valence-corrected chi connectivity index (χ0v) is 16.3. The number of rotatable bonds is 4. The Bertz CT molecular complexity index is 1040. The van der Waals surface area contributed by atoms with E-state index >= 15 is 0 Å². The summed E-state index contributed by atoms with van der Waals surface area (Å²) in [5, 5.41) is 4.49. The van der Waals surface area contributed by atoms with Gasteiger partial charge in [-0.15, -0.1) is 0 Å². The van der Waals surface area contributed by atoms with Crippen molar-refractivity contribution in [2.75, 3.05) is 5.32 Å². The van der Waals surface area contributed by atoms with Gasteiger partial charge in [-0.05, 0) is 72.0 Å². The number of benzene rings is 1. The van der Waals surface area contributed by atoms with Gasteiger partial charge in [0, 0.05) is 33.1 Å². The molecule has 1 aromatic carbocycles. The van der Waals surface area contributed by atoms with Gasteiger partial charge in [0.15, 0.2) is 5.82 Å². The molecule has 0 radical (unpaired) electrons. The summed E-state index contributed by atoms with van der Waals surface area (Å²) < 4.78 is 1.14.